The molecule has 4 fully saturated rings. The second-order valence-electron chi connectivity index (χ2n) is 9.03. The lowest BCUT2D eigenvalue weighted by Crippen LogP contribution is -2.52. The number of carbonyl (C=O) groups is 2. The number of hydrogen-bond acceptors (Lipinski definition) is 6. The van der Waals surface area contributed by atoms with Crippen molar-refractivity contribution in [3.63, 3.8) is 0 Å². The van der Waals surface area contributed by atoms with Crippen molar-refractivity contribution in [2.45, 2.75) is 68.9 Å². The number of ether oxygens (including phenoxy) is 2. The van der Waals surface area contributed by atoms with Gasteiger partial charge in [0.05, 0.1) is 19.4 Å². The van der Waals surface area contributed by atoms with Crippen molar-refractivity contribution < 1.29 is 54.0 Å². The van der Waals surface area contributed by atoms with Crippen molar-refractivity contribution in [2.75, 3.05) is 6.61 Å². The molecule has 4 saturated carbocycles. The normalized spacial score (nSPS) is 31.4. The summed E-state index contributed by atoms with van der Waals surface area (Å²) in [5.41, 5.74) is -0.121. The molecule has 0 heterocycles. The molecule has 0 spiro atoms. The highest BCUT2D eigenvalue weighted by molar-refractivity contribution is 7.86. The SMILES string of the molecule is O=C(CCC(=O)OC(C(F)(F)F)C(F)(F)S(=O)(=O)O)OCC12CC3CC(CC(C3)C1)C2. The van der Waals surface area contributed by atoms with Crippen LogP contribution in [0.5, 0.6) is 0 Å². The molecule has 13 heteroatoms. The first-order chi connectivity index (χ1) is 14.1. The van der Waals surface area contributed by atoms with E-state index in [0.717, 1.165) is 19.3 Å². The van der Waals surface area contributed by atoms with E-state index in [0.29, 0.717) is 17.8 Å². The van der Waals surface area contributed by atoms with Gasteiger partial charge in [-0.25, -0.2) is 0 Å². The van der Waals surface area contributed by atoms with Crippen molar-refractivity contribution in [2.24, 2.45) is 23.2 Å². The molecule has 4 aliphatic carbocycles. The summed E-state index contributed by atoms with van der Waals surface area (Å²) in [6, 6.07) is 0. The van der Waals surface area contributed by atoms with Crippen LogP contribution in [0.2, 0.25) is 0 Å². The van der Waals surface area contributed by atoms with Gasteiger partial charge in [-0.15, -0.1) is 0 Å². The van der Waals surface area contributed by atoms with Crippen LogP contribution in [0.15, 0.2) is 0 Å². The fourth-order valence-electron chi connectivity index (χ4n) is 5.63. The molecule has 1 N–H and O–H groups in total. The number of halogens is 5. The summed E-state index contributed by atoms with van der Waals surface area (Å²) in [6.45, 7) is 0.135. The molecule has 7 nitrogen and oxygen atoms in total. The van der Waals surface area contributed by atoms with Crippen LogP contribution in [-0.2, 0) is 29.2 Å². The summed E-state index contributed by atoms with van der Waals surface area (Å²) in [4.78, 5) is 23.5. The Morgan fingerprint density at radius 3 is 1.81 bits per heavy atom. The topological polar surface area (TPSA) is 107 Å². The highest BCUT2D eigenvalue weighted by Crippen LogP contribution is 2.60. The van der Waals surface area contributed by atoms with E-state index >= 15 is 0 Å². The van der Waals surface area contributed by atoms with Gasteiger partial charge >= 0.3 is 33.5 Å². The third-order valence-electron chi connectivity index (χ3n) is 6.43. The molecule has 0 aliphatic heterocycles. The Balaban J connectivity index is 1.50. The zero-order valence-electron chi connectivity index (χ0n) is 16.4. The van der Waals surface area contributed by atoms with Crippen molar-refractivity contribution in [3.8, 4) is 0 Å². The van der Waals surface area contributed by atoms with Crippen LogP contribution >= 0.6 is 0 Å². The van der Waals surface area contributed by atoms with Gasteiger partial charge in [-0.3, -0.25) is 14.1 Å². The molecule has 0 amide bonds. The number of hydrogen-bond donors (Lipinski definition) is 1. The molecule has 0 saturated heterocycles. The maximum Gasteiger partial charge on any atom is 0.432 e. The van der Waals surface area contributed by atoms with Crippen LogP contribution in [0.4, 0.5) is 22.0 Å². The van der Waals surface area contributed by atoms with Crippen molar-refractivity contribution in [1.82, 2.24) is 0 Å². The van der Waals surface area contributed by atoms with Crippen LogP contribution in [-0.4, -0.2) is 49.1 Å². The van der Waals surface area contributed by atoms with Gasteiger partial charge < -0.3 is 9.47 Å². The number of rotatable bonds is 8. The van der Waals surface area contributed by atoms with E-state index in [4.69, 9.17) is 9.29 Å². The predicted octanol–water partition coefficient (Wildman–Crippen LogP) is 3.48. The number of carbonyl (C=O) groups excluding carboxylic acids is 2. The largest absolute Gasteiger partial charge is 0.465 e. The zero-order chi connectivity index (χ0) is 23.2. The van der Waals surface area contributed by atoms with Gasteiger partial charge in [-0.05, 0) is 56.3 Å². The van der Waals surface area contributed by atoms with Crippen molar-refractivity contribution in [3.05, 3.63) is 0 Å². The quantitative estimate of drug-likeness (QED) is 0.323. The average molecular weight is 478 g/mol. The molecule has 0 aromatic carbocycles. The van der Waals surface area contributed by atoms with Gasteiger partial charge in [0.2, 0.25) is 0 Å². The lowest BCUT2D eigenvalue weighted by molar-refractivity contribution is -0.259. The Morgan fingerprint density at radius 2 is 1.39 bits per heavy atom. The summed E-state index contributed by atoms with van der Waals surface area (Å²) in [7, 11) is -6.51. The van der Waals surface area contributed by atoms with Crippen LogP contribution in [0.1, 0.15) is 51.4 Å². The van der Waals surface area contributed by atoms with E-state index in [-0.39, 0.29) is 12.0 Å². The standard InChI is InChI=1S/C18H23F5O7S/c19-17(20,21)15(18(22,23)31(26,27)28)30-14(25)2-1-13(24)29-9-16-6-10-3-11(7-16)5-12(4-10)8-16/h10-12,15H,1-9H2,(H,26,27,28). The highest BCUT2D eigenvalue weighted by atomic mass is 32.2. The molecular formula is C18H23F5O7S. The minimum Gasteiger partial charge on any atom is -0.465 e. The maximum atomic E-state index is 13.4. The summed E-state index contributed by atoms with van der Waals surface area (Å²) >= 11 is 0. The first-order valence-corrected chi connectivity index (χ1v) is 11.3. The Kier molecular flexibility index (Phi) is 6.33. The third-order valence-corrected chi connectivity index (χ3v) is 7.34. The van der Waals surface area contributed by atoms with E-state index in [1.807, 2.05) is 0 Å². The smallest absolute Gasteiger partial charge is 0.432 e. The van der Waals surface area contributed by atoms with Crippen LogP contribution < -0.4 is 0 Å². The van der Waals surface area contributed by atoms with Gasteiger partial charge in [-0.2, -0.15) is 30.4 Å². The summed E-state index contributed by atoms with van der Waals surface area (Å²) in [5.74, 6) is -0.966. The molecule has 0 radical (unpaired) electrons. The molecule has 31 heavy (non-hydrogen) atoms. The van der Waals surface area contributed by atoms with E-state index in [1.165, 1.54) is 19.3 Å². The Bertz CT molecular complexity index is 788. The second kappa shape index (κ2) is 8.13. The fraction of sp³-hybridized carbons (Fsp3) is 0.889. The molecule has 4 rings (SSSR count). The highest BCUT2D eigenvalue weighted by Gasteiger charge is 2.66. The second-order valence-corrected chi connectivity index (χ2v) is 10.5. The predicted molar refractivity (Wildman–Crippen MR) is 93.2 cm³/mol. The molecule has 4 bridgehead atoms. The number of alkyl halides is 5. The van der Waals surface area contributed by atoms with Crippen LogP contribution in [0.3, 0.4) is 0 Å². The monoisotopic (exact) mass is 478 g/mol. The van der Waals surface area contributed by atoms with Gasteiger partial charge in [0, 0.05) is 5.41 Å². The molecule has 0 aromatic rings. The van der Waals surface area contributed by atoms with Crippen LogP contribution in [0, 0.1) is 23.2 Å². The molecule has 178 valence electrons. The first kappa shape index (κ1) is 24.1. The third kappa shape index (κ3) is 5.29. The summed E-state index contributed by atoms with van der Waals surface area (Å²) in [6.07, 6.45) is -5.79. The summed E-state index contributed by atoms with van der Waals surface area (Å²) < 4.78 is 103. The van der Waals surface area contributed by atoms with E-state index in [1.54, 1.807) is 0 Å². The lowest BCUT2D eigenvalue weighted by atomic mass is 9.50. The average Bonchev–Trinajstić information content (AvgIpc) is 2.59. The zero-order valence-corrected chi connectivity index (χ0v) is 17.2. The fourth-order valence-corrected chi connectivity index (χ4v) is 6.08. The number of esters is 2. The van der Waals surface area contributed by atoms with Gasteiger partial charge in [0.25, 0.3) is 6.10 Å². The Hall–Kier alpha value is -1.50. The molecule has 4 aliphatic rings. The summed E-state index contributed by atoms with van der Waals surface area (Å²) in [5, 5.41) is -5.81. The molecule has 1 unspecified atom stereocenters. The van der Waals surface area contributed by atoms with E-state index in [9.17, 15) is 40.0 Å². The minimum atomic E-state index is -6.51. The first-order valence-electron chi connectivity index (χ1n) is 9.88. The van der Waals surface area contributed by atoms with Crippen LogP contribution in [0.25, 0.3) is 0 Å². The van der Waals surface area contributed by atoms with Crippen molar-refractivity contribution in [1.29, 1.82) is 0 Å². The molecule has 1 atom stereocenters. The van der Waals surface area contributed by atoms with Crippen molar-refractivity contribution >= 4 is 22.1 Å². The minimum absolute atomic E-state index is 0.121. The Labute approximate surface area is 175 Å². The van der Waals surface area contributed by atoms with E-state index in [2.05, 4.69) is 4.74 Å². The maximum absolute atomic E-state index is 13.4. The molecular weight excluding hydrogens is 455 g/mol. The lowest BCUT2D eigenvalue weighted by Gasteiger charge is -2.56. The van der Waals surface area contributed by atoms with Gasteiger partial charge in [0.15, 0.2) is 0 Å². The van der Waals surface area contributed by atoms with E-state index < -0.39 is 52.4 Å². The van der Waals surface area contributed by atoms with Gasteiger partial charge in [-0.1, -0.05) is 0 Å². The van der Waals surface area contributed by atoms with Gasteiger partial charge in [0.1, 0.15) is 0 Å². The molecule has 0 aromatic heterocycles. The Morgan fingerprint density at radius 1 is 0.935 bits per heavy atom.